The lowest BCUT2D eigenvalue weighted by Crippen LogP contribution is -2.24. The number of nitrogens with one attached hydrogen (secondary N) is 1. The van der Waals surface area contributed by atoms with Crippen molar-refractivity contribution in [3.8, 4) is 0 Å². The first kappa shape index (κ1) is 15.0. The third-order valence-corrected chi connectivity index (χ3v) is 4.53. The number of benzene rings is 2. The molecule has 3 N–H and O–H groups in total. The van der Waals surface area contributed by atoms with E-state index in [1.165, 1.54) is 12.1 Å². The second-order valence-corrected chi connectivity index (χ2v) is 6.46. The van der Waals surface area contributed by atoms with Crippen molar-refractivity contribution in [2.75, 3.05) is 0 Å². The van der Waals surface area contributed by atoms with E-state index < -0.39 is 10.0 Å². The standard InChI is InChI=1S/C14H15ClN2O2S/c15-13-6-3-7-14(8-13)20(18,19)17-10-12-5-2-1-4-11(12)9-16/h1-8,17H,9-10,16H2. The van der Waals surface area contributed by atoms with Gasteiger partial charge in [0.2, 0.25) is 10.0 Å². The molecule has 0 saturated carbocycles. The predicted octanol–water partition coefficient (Wildman–Crippen LogP) is 2.28. The Bertz CT molecular complexity index is 702. The number of hydrogen-bond donors (Lipinski definition) is 2. The van der Waals surface area contributed by atoms with Crippen LogP contribution in [-0.2, 0) is 23.1 Å². The largest absolute Gasteiger partial charge is 0.326 e. The van der Waals surface area contributed by atoms with Crippen molar-refractivity contribution in [1.29, 1.82) is 0 Å². The van der Waals surface area contributed by atoms with Crippen molar-refractivity contribution in [2.24, 2.45) is 5.73 Å². The molecule has 2 aromatic carbocycles. The maximum atomic E-state index is 12.2. The van der Waals surface area contributed by atoms with Crippen molar-refractivity contribution in [3.63, 3.8) is 0 Å². The van der Waals surface area contributed by atoms with Gasteiger partial charge in [-0.05, 0) is 29.3 Å². The SMILES string of the molecule is NCc1ccccc1CNS(=O)(=O)c1cccc(Cl)c1. The molecule has 0 amide bonds. The van der Waals surface area contributed by atoms with Crippen LogP contribution in [0.4, 0.5) is 0 Å². The molecule has 2 aromatic rings. The third-order valence-electron chi connectivity index (χ3n) is 2.90. The predicted molar refractivity (Wildman–Crippen MR) is 79.8 cm³/mol. The van der Waals surface area contributed by atoms with E-state index in [-0.39, 0.29) is 11.4 Å². The summed E-state index contributed by atoms with van der Waals surface area (Å²) in [6.45, 7) is 0.567. The van der Waals surface area contributed by atoms with Gasteiger partial charge >= 0.3 is 0 Å². The Labute approximate surface area is 123 Å². The number of rotatable bonds is 5. The molecule has 0 heterocycles. The molecule has 0 unspecified atom stereocenters. The van der Waals surface area contributed by atoms with Gasteiger partial charge < -0.3 is 5.73 Å². The van der Waals surface area contributed by atoms with Crippen molar-refractivity contribution in [2.45, 2.75) is 18.0 Å². The second kappa shape index (κ2) is 6.37. The molecule has 0 aliphatic carbocycles. The van der Waals surface area contributed by atoms with E-state index in [1.807, 2.05) is 24.3 Å². The number of sulfonamides is 1. The summed E-state index contributed by atoms with van der Waals surface area (Å²) in [4.78, 5) is 0.148. The van der Waals surface area contributed by atoms with E-state index in [4.69, 9.17) is 17.3 Å². The first-order chi connectivity index (χ1) is 9.53. The molecule has 0 saturated heterocycles. The summed E-state index contributed by atoms with van der Waals surface area (Å²) in [6, 6.07) is 13.6. The zero-order valence-corrected chi connectivity index (χ0v) is 12.3. The average molecular weight is 311 g/mol. The van der Waals surface area contributed by atoms with Crippen LogP contribution in [0, 0.1) is 0 Å². The van der Waals surface area contributed by atoms with E-state index >= 15 is 0 Å². The summed E-state index contributed by atoms with van der Waals surface area (Å²) in [6.07, 6.45) is 0. The van der Waals surface area contributed by atoms with Gasteiger partial charge in [0.15, 0.2) is 0 Å². The minimum absolute atomic E-state index is 0.148. The van der Waals surface area contributed by atoms with Crippen LogP contribution >= 0.6 is 11.6 Å². The molecule has 4 nitrogen and oxygen atoms in total. The fraction of sp³-hybridized carbons (Fsp3) is 0.143. The Hall–Kier alpha value is -1.40. The summed E-state index contributed by atoms with van der Waals surface area (Å²) >= 11 is 5.81. The minimum Gasteiger partial charge on any atom is -0.326 e. The molecule has 0 aliphatic rings. The van der Waals surface area contributed by atoms with E-state index in [0.29, 0.717) is 11.6 Å². The highest BCUT2D eigenvalue weighted by molar-refractivity contribution is 7.89. The lowest BCUT2D eigenvalue weighted by atomic mass is 10.1. The number of hydrogen-bond acceptors (Lipinski definition) is 3. The highest BCUT2D eigenvalue weighted by atomic mass is 35.5. The molecule has 0 fully saturated rings. The lowest BCUT2D eigenvalue weighted by Gasteiger charge is -2.10. The van der Waals surface area contributed by atoms with Crippen LogP contribution in [0.1, 0.15) is 11.1 Å². The zero-order valence-electron chi connectivity index (χ0n) is 10.7. The van der Waals surface area contributed by atoms with E-state index in [1.54, 1.807) is 12.1 Å². The summed E-state index contributed by atoms with van der Waals surface area (Å²) in [7, 11) is -3.58. The summed E-state index contributed by atoms with van der Waals surface area (Å²) in [5, 5.41) is 0.384. The molecular formula is C14H15ClN2O2S. The van der Waals surface area contributed by atoms with Crippen LogP contribution in [0.25, 0.3) is 0 Å². The Kier molecular flexibility index (Phi) is 4.77. The van der Waals surface area contributed by atoms with Crippen LogP contribution in [0.3, 0.4) is 0 Å². The van der Waals surface area contributed by atoms with Gasteiger partial charge in [0, 0.05) is 18.1 Å². The highest BCUT2D eigenvalue weighted by Gasteiger charge is 2.14. The Morgan fingerprint density at radius 1 is 1.05 bits per heavy atom. The third kappa shape index (κ3) is 3.58. The Morgan fingerprint density at radius 2 is 1.75 bits per heavy atom. The quantitative estimate of drug-likeness (QED) is 0.890. The van der Waals surface area contributed by atoms with Crippen molar-refractivity contribution in [1.82, 2.24) is 4.72 Å². The molecule has 0 aromatic heterocycles. The zero-order chi connectivity index (χ0) is 14.6. The number of halogens is 1. The van der Waals surface area contributed by atoms with Crippen LogP contribution in [0.2, 0.25) is 5.02 Å². The van der Waals surface area contributed by atoms with E-state index in [0.717, 1.165) is 11.1 Å². The van der Waals surface area contributed by atoms with Gasteiger partial charge in [0.1, 0.15) is 0 Å². The molecular weight excluding hydrogens is 296 g/mol. The maximum Gasteiger partial charge on any atom is 0.240 e. The van der Waals surface area contributed by atoms with Gasteiger partial charge in [-0.2, -0.15) is 0 Å². The Balaban J connectivity index is 2.17. The van der Waals surface area contributed by atoms with Crippen molar-refractivity contribution >= 4 is 21.6 Å². The second-order valence-electron chi connectivity index (χ2n) is 4.25. The summed E-state index contributed by atoms with van der Waals surface area (Å²) in [5.74, 6) is 0. The summed E-state index contributed by atoms with van der Waals surface area (Å²) < 4.78 is 26.9. The van der Waals surface area contributed by atoms with Gasteiger partial charge in [-0.1, -0.05) is 41.9 Å². The molecule has 2 rings (SSSR count). The first-order valence-corrected chi connectivity index (χ1v) is 7.91. The van der Waals surface area contributed by atoms with Gasteiger partial charge in [-0.25, -0.2) is 13.1 Å². The summed E-state index contributed by atoms with van der Waals surface area (Å²) in [5.41, 5.74) is 7.41. The molecule has 0 bridgehead atoms. The van der Waals surface area contributed by atoms with Gasteiger partial charge in [-0.15, -0.1) is 0 Å². The lowest BCUT2D eigenvalue weighted by molar-refractivity contribution is 0.581. The van der Waals surface area contributed by atoms with Crippen molar-refractivity contribution < 1.29 is 8.42 Å². The van der Waals surface area contributed by atoms with Gasteiger partial charge in [0.25, 0.3) is 0 Å². The minimum atomic E-state index is -3.58. The normalized spacial score (nSPS) is 11.5. The van der Waals surface area contributed by atoms with E-state index in [2.05, 4.69) is 4.72 Å². The topological polar surface area (TPSA) is 72.2 Å². The number of nitrogens with two attached hydrogens (primary N) is 1. The highest BCUT2D eigenvalue weighted by Crippen LogP contribution is 2.16. The average Bonchev–Trinajstić information content (AvgIpc) is 2.45. The molecule has 0 radical (unpaired) electrons. The smallest absolute Gasteiger partial charge is 0.240 e. The molecule has 0 spiro atoms. The van der Waals surface area contributed by atoms with E-state index in [9.17, 15) is 8.42 Å². The Morgan fingerprint density at radius 3 is 2.40 bits per heavy atom. The molecule has 0 aliphatic heterocycles. The first-order valence-electron chi connectivity index (χ1n) is 6.05. The molecule has 20 heavy (non-hydrogen) atoms. The molecule has 0 atom stereocenters. The molecule has 106 valence electrons. The monoisotopic (exact) mass is 310 g/mol. The van der Waals surface area contributed by atoms with Gasteiger partial charge in [0.05, 0.1) is 4.90 Å². The molecule has 6 heteroatoms. The van der Waals surface area contributed by atoms with Gasteiger partial charge in [-0.3, -0.25) is 0 Å². The van der Waals surface area contributed by atoms with Crippen LogP contribution in [-0.4, -0.2) is 8.42 Å². The van der Waals surface area contributed by atoms with Crippen molar-refractivity contribution in [3.05, 3.63) is 64.7 Å². The fourth-order valence-electron chi connectivity index (χ4n) is 1.82. The van der Waals surface area contributed by atoms with Crippen LogP contribution in [0.5, 0.6) is 0 Å². The fourth-order valence-corrected chi connectivity index (χ4v) is 3.13. The van der Waals surface area contributed by atoms with Crippen LogP contribution < -0.4 is 10.5 Å². The maximum absolute atomic E-state index is 12.2. The van der Waals surface area contributed by atoms with Crippen LogP contribution in [0.15, 0.2) is 53.4 Å².